The molecule has 0 radical (unpaired) electrons. The molecule has 3 aromatic rings. The van der Waals surface area contributed by atoms with E-state index in [9.17, 15) is 14.4 Å². The minimum Gasteiger partial charge on any atom is -0.497 e. The van der Waals surface area contributed by atoms with Crippen LogP contribution in [0.1, 0.15) is 86.0 Å². The van der Waals surface area contributed by atoms with Gasteiger partial charge in [-0.05, 0) is 50.7 Å². The predicted octanol–water partition coefficient (Wildman–Crippen LogP) is 5.08. The summed E-state index contributed by atoms with van der Waals surface area (Å²) in [5.41, 5.74) is 1.38. The second-order valence-corrected chi connectivity index (χ2v) is 11.1. The van der Waals surface area contributed by atoms with E-state index in [1.807, 2.05) is 0 Å². The van der Waals surface area contributed by atoms with Gasteiger partial charge in [-0.2, -0.15) is 0 Å². The lowest BCUT2D eigenvalue weighted by molar-refractivity contribution is -0.135. The van der Waals surface area contributed by atoms with Gasteiger partial charge >= 0.3 is 0 Å². The van der Waals surface area contributed by atoms with Gasteiger partial charge in [-0.15, -0.1) is 0 Å². The van der Waals surface area contributed by atoms with Gasteiger partial charge in [0.2, 0.25) is 5.91 Å². The molecule has 2 fully saturated rings. The average molecular weight is 535 g/mol. The van der Waals surface area contributed by atoms with Crippen LogP contribution in [0.3, 0.4) is 0 Å². The van der Waals surface area contributed by atoms with E-state index in [4.69, 9.17) is 9.26 Å². The second-order valence-electron chi connectivity index (χ2n) is 11.1. The molecule has 2 saturated carbocycles. The molecule has 9 nitrogen and oxygen atoms in total. The third kappa shape index (κ3) is 5.87. The molecular formula is C30H38N4O5. The summed E-state index contributed by atoms with van der Waals surface area (Å²) in [7, 11) is 1.57. The van der Waals surface area contributed by atoms with Crippen LogP contribution < -0.4 is 10.1 Å². The molecule has 2 aliphatic carbocycles. The first kappa shape index (κ1) is 27.0. The Morgan fingerprint density at radius 3 is 2.54 bits per heavy atom. The van der Waals surface area contributed by atoms with E-state index in [-0.39, 0.29) is 30.1 Å². The van der Waals surface area contributed by atoms with Gasteiger partial charge in [0.1, 0.15) is 12.3 Å². The van der Waals surface area contributed by atoms with E-state index in [1.165, 1.54) is 36.8 Å². The van der Waals surface area contributed by atoms with E-state index >= 15 is 0 Å². The first-order chi connectivity index (χ1) is 18.9. The van der Waals surface area contributed by atoms with E-state index in [2.05, 4.69) is 15.5 Å². The molecule has 0 spiro atoms. The van der Waals surface area contributed by atoms with Crippen molar-refractivity contribution in [1.29, 1.82) is 0 Å². The molecule has 2 heterocycles. The molecule has 2 aromatic heterocycles. The number of aromatic nitrogens is 2. The zero-order chi connectivity index (χ0) is 27.4. The van der Waals surface area contributed by atoms with Gasteiger partial charge < -0.3 is 24.5 Å². The molecule has 0 bridgehead atoms. The van der Waals surface area contributed by atoms with E-state index < -0.39 is 11.7 Å². The highest BCUT2D eigenvalue weighted by Gasteiger charge is 2.41. The number of carbonyl (C=O) groups excluding carboxylic acids is 3. The van der Waals surface area contributed by atoms with Crippen LogP contribution in [0.25, 0.3) is 10.9 Å². The topological polar surface area (TPSA) is 118 Å². The zero-order valence-corrected chi connectivity index (χ0v) is 22.9. The standard InChI is InChI=1S/C30H38N4O5/c1-20-15-23(39-33-20)18-34(29(37)28(36)25-17-31-26-16-22(38-2)11-12-24(25)26)19-27(35)32-30(13-7-4-8-14-30)21-9-5-3-6-10-21/h11-12,15-17,21,31H,3-10,13-14,18-19H2,1-2H3,(H,32,35). The van der Waals surface area contributed by atoms with Crippen LogP contribution in [-0.2, 0) is 16.1 Å². The van der Waals surface area contributed by atoms with Gasteiger partial charge in [-0.1, -0.05) is 43.7 Å². The van der Waals surface area contributed by atoms with Gasteiger partial charge in [0.05, 0.1) is 24.9 Å². The Balaban J connectivity index is 1.37. The van der Waals surface area contributed by atoms with Crippen molar-refractivity contribution in [1.82, 2.24) is 20.4 Å². The Labute approximate surface area is 228 Å². The summed E-state index contributed by atoms with van der Waals surface area (Å²) in [5.74, 6) is -0.153. The molecule has 0 saturated heterocycles. The number of benzene rings is 1. The summed E-state index contributed by atoms with van der Waals surface area (Å²) in [6, 6.07) is 6.98. The highest BCUT2D eigenvalue weighted by atomic mass is 16.5. The van der Waals surface area contributed by atoms with Crippen LogP contribution in [0.4, 0.5) is 0 Å². The number of aromatic amines is 1. The van der Waals surface area contributed by atoms with Crippen molar-refractivity contribution in [2.75, 3.05) is 13.7 Å². The fourth-order valence-electron chi connectivity index (χ4n) is 6.52. The van der Waals surface area contributed by atoms with Gasteiger partial charge in [0.25, 0.3) is 11.7 Å². The summed E-state index contributed by atoms with van der Waals surface area (Å²) in [4.78, 5) is 45.0. The number of fused-ring (bicyclic) bond motifs is 1. The number of methoxy groups -OCH3 is 1. The molecule has 39 heavy (non-hydrogen) atoms. The van der Waals surface area contributed by atoms with Crippen molar-refractivity contribution in [3.63, 3.8) is 0 Å². The van der Waals surface area contributed by atoms with Gasteiger partial charge in [-0.25, -0.2) is 0 Å². The van der Waals surface area contributed by atoms with Gasteiger partial charge in [-0.3, -0.25) is 14.4 Å². The lowest BCUT2D eigenvalue weighted by atomic mass is 9.67. The molecular weight excluding hydrogens is 496 g/mol. The molecule has 5 rings (SSSR count). The number of amides is 2. The first-order valence-electron chi connectivity index (χ1n) is 14.1. The lowest BCUT2D eigenvalue weighted by Crippen LogP contribution is -2.57. The molecule has 0 aliphatic heterocycles. The molecule has 2 aliphatic rings. The first-order valence-corrected chi connectivity index (χ1v) is 14.1. The lowest BCUT2D eigenvalue weighted by Gasteiger charge is -2.46. The van der Waals surface area contributed by atoms with Crippen LogP contribution >= 0.6 is 0 Å². The maximum atomic E-state index is 13.6. The molecule has 2 N–H and O–H groups in total. The Bertz CT molecular complexity index is 1330. The van der Waals surface area contributed by atoms with E-state index in [1.54, 1.807) is 38.3 Å². The number of nitrogens with zero attached hydrogens (tertiary/aromatic N) is 2. The normalized spacial score (nSPS) is 17.6. The maximum Gasteiger partial charge on any atom is 0.295 e. The van der Waals surface area contributed by atoms with Crippen LogP contribution in [-0.4, -0.2) is 51.8 Å². The molecule has 208 valence electrons. The summed E-state index contributed by atoms with van der Waals surface area (Å²) >= 11 is 0. The average Bonchev–Trinajstić information content (AvgIpc) is 3.58. The van der Waals surface area contributed by atoms with Crippen LogP contribution in [0, 0.1) is 12.8 Å². The number of rotatable bonds is 9. The third-order valence-corrected chi connectivity index (χ3v) is 8.49. The van der Waals surface area contributed by atoms with E-state index in [0.717, 1.165) is 38.5 Å². The van der Waals surface area contributed by atoms with Crippen LogP contribution in [0.15, 0.2) is 35.0 Å². The zero-order valence-electron chi connectivity index (χ0n) is 22.9. The van der Waals surface area contributed by atoms with Crippen molar-refractivity contribution in [3.05, 3.63) is 47.5 Å². The second kappa shape index (κ2) is 11.6. The number of nitrogens with one attached hydrogen (secondary N) is 2. The smallest absolute Gasteiger partial charge is 0.295 e. The molecule has 0 unspecified atom stereocenters. The van der Waals surface area contributed by atoms with Crippen molar-refractivity contribution in [2.24, 2.45) is 5.92 Å². The van der Waals surface area contributed by atoms with Crippen molar-refractivity contribution >= 4 is 28.5 Å². The third-order valence-electron chi connectivity index (χ3n) is 8.49. The largest absolute Gasteiger partial charge is 0.497 e. The SMILES string of the molecule is COc1ccc2c(C(=O)C(=O)N(CC(=O)NC3(C4CCCCC4)CCCCC3)Cc3cc(C)no3)c[nH]c2c1. The quantitative estimate of drug-likeness (QED) is 0.292. The number of ketones is 1. The Hall–Kier alpha value is -3.62. The number of aryl methyl sites for hydroxylation is 1. The summed E-state index contributed by atoms with van der Waals surface area (Å²) in [6.45, 7) is 1.54. The minimum absolute atomic E-state index is 0.0224. The van der Waals surface area contributed by atoms with Crippen LogP contribution in [0.5, 0.6) is 5.75 Å². The monoisotopic (exact) mass is 534 g/mol. The summed E-state index contributed by atoms with van der Waals surface area (Å²) in [5, 5.41) is 7.91. The highest BCUT2D eigenvalue weighted by molar-refractivity contribution is 6.45. The Morgan fingerprint density at radius 2 is 1.85 bits per heavy atom. The number of hydrogen-bond donors (Lipinski definition) is 2. The number of H-pyrrole nitrogens is 1. The molecule has 2 amide bonds. The van der Waals surface area contributed by atoms with Crippen molar-refractivity contribution < 1.29 is 23.6 Å². The number of carbonyl (C=O) groups is 3. The predicted molar refractivity (Wildman–Crippen MR) is 146 cm³/mol. The Morgan fingerprint density at radius 1 is 1.10 bits per heavy atom. The minimum atomic E-state index is -0.758. The molecule has 9 heteroatoms. The summed E-state index contributed by atoms with van der Waals surface area (Å²) < 4.78 is 10.6. The maximum absolute atomic E-state index is 13.6. The Kier molecular flexibility index (Phi) is 8.04. The summed E-state index contributed by atoms with van der Waals surface area (Å²) in [6.07, 6.45) is 12.8. The van der Waals surface area contributed by atoms with Gasteiger partial charge in [0, 0.05) is 34.8 Å². The van der Waals surface area contributed by atoms with E-state index in [0.29, 0.717) is 34.0 Å². The number of ether oxygens (including phenoxy) is 1. The van der Waals surface area contributed by atoms with Gasteiger partial charge in [0.15, 0.2) is 5.76 Å². The fraction of sp³-hybridized carbons (Fsp3) is 0.533. The highest BCUT2D eigenvalue weighted by Crippen LogP contribution is 2.41. The number of hydrogen-bond acceptors (Lipinski definition) is 6. The van der Waals surface area contributed by atoms with Crippen molar-refractivity contribution in [3.8, 4) is 5.75 Å². The molecule has 0 atom stereocenters. The van der Waals surface area contributed by atoms with Crippen molar-refractivity contribution in [2.45, 2.75) is 83.2 Å². The number of Topliss-reactive ketones (excluding diaryl/α,β-unsaturated/α-hetero) is 1. The van der Waals surface area contributed by atoms with Crippen LogP contribution in [0.2, 0.25) is 0 Å². The fourth-order valence-corrected chi connectivity index (χ4v) is 6.52. The molecule has 1 aromatic carbocycles.